The molecular formula is C16H14N2O2. The minimum absolute atomic E-state index is 0.221. The van der Waals surface area contributed by atoms with Gasteiger partial charge in [0.25, 0.3) is 5.89 Å². The highest BCUT2D eigenvalue weighted by Gasteiger charge is 2.12. The number of rotatable bonds is 3. The van der Waals surface area contributed by atoms with Crippen LogP contribution in [0.2, 0.25) is 0 Å². The third-order valence-corrected chi connectivity index (χ3v) is 3.13. The Morgan fingerprint density at radius 1 is 1.00 bits per heavy atom. The molecular weight excluding hydrogens is 252 g/mol. The second-order valence-corrected chi connectivity index (χ2v) is 4.58. The van der Waals surface area contributed by atoms with Crippen LogP contribution in [0.1, 0.15) is 11.5 Å². The van der Waals surface area contributed by atoms with E-state index in [1.807, 2.05) is 24.3 Å². The molecule has 0 saturated carbocycles. The quantitative estimate of drug-likeness (QED) is 0.790. The molecule has 100 valence electrons. The van der Waals surface area contributed by atoms with Gasteiger partial charge >= 0.3 is 0 Å². The Labute approximate surface area is 116 Å². The van der Waals surface area contributed by atoms with Crippen LogP contribution in [0.4, 0.5) is 0 Å². The Hall–Kier alpha value is -2.46. The van der Waals surface area contributed by atoms with Crippen molar-refractivity contribution in [2.24, 2.45) is 0 Å². The summed E-state index contributed by atoms with van der Waals surface area (Å²) in [6, 6.07) is 16.2. The molecule has 0 saturated heterocycles. The number of aliphatic hydroxyl groups excluding tert-OH is 1. The lowest BCUT2D eigenvalue weighted by Gasteiger charge is -2.06. The van der Waals surface area contributed by atoms with Crippen molar-refractivity contribution in [3.63, 3.8) is 0 Å². The van der Waals surface area contributed by atoms with Gasteiger partial charge < -0.3 is 9.63 Å². The predicted molar refractivity (Wildman–Crippen MR) is 75.8 cm³/mol. The van der Waals surface area contributed by atoms with Crippen LogP contribution in [0, 0.1) is 6.92 Å². The lowest BCUT2D eigenvalue weighted by Crippen LogP contribution is -1.88. The molecule has 0 fully saturated rings. The van der Waals surface area contributed by atoms with E-state index in [1.165, 1.54) is 5.56 Å². The van der Waals surface area contributed by atoms with Gasteiger partial charge in [-0.2, -0.15) is 4.98 Å². The maximum absolute atomic E-state index is 9.02. The maximum atomic E-state index is 9.02. The fourth-order valence-corrected chi connectivity index (χ4v) is 2.09. The van der Waals surface area contributed by atoms with Crippen molar-refractivity contribution in [1.82, 2.24) is 10.1 Å². The fourth-order valence-electron chi connectivity index (χ4n) is 2.09. The van der Waals surface area contributed by atoms with Gasteiger partial charge in [0.15, 0.2) is 0 Å². The average molecular weight is 266 g/mol. The molecule has 0 unspecified atom stereocenters. The molecule has 0 aliphatic rings. The van der Waals surface area contributed by atoms with Gasteiger partial charge in [0.1, 0.15) is 6.61 Å². The Morgan fingerprint density at radius 2 is 1.70 bits per heavy atom. The van der Waals surface area contributed by atoms with Crippen LogP contribution in [-0.2, 0) is 6.61 Å². The van der Waals surface area contributed by atoms with E-state index >= 15 is 0 Å². The minimum atomic E-state index is -0.250. The standard InChI is InChI=1S/C16H14N2O2/c1-11-6-8-12(9-7-11)13-4-2-3-5-14(13)16-17-15(10-19)20-18-16/h2-9,19H,10H2,1H3. The van der Waals surface area contributed by atoms with Crippen LogP contribution in [0.25, 0.3) is 22.5 Å². The number of hydrogen-bond acceptors (Lipinski definition) is 4. The summed E-state index contributed by atoms with van der Waals surface area (Å²) in [6.07, 6.45) is 0. The number of benzene rings is 2. The zero-order valence-corrected chi connectivity index (χ0v) is 11.1. The van der Waals surface area contributed by atoms with E-state index in [4.69, 9.17) is 9.63 Å². The van der Waals surface area contributed by atoms with Gasteiger partial charge in [0.2, 0.25) is 5.82 Å². The highest BCUT2D eigenvalue weighted by molar-refractivity contribution is 5.80. The predicted octanol–water partition coefficient (Wildman–Crippen LogP) is 3.20. The number of aryl methyl sites for hydroxylation is 1. The molecule has 0 spiro atoms. The summed E-state index contributed by atoms with van der Waals surface area (Å²) in [5, 5.41) is 12.9. The van der Waals surface area contributed by atoms with Gasteiger partial charge in [-0.05, 0) is 18.1 Å². The fraction of sp³-hybridized carbons (Fsp3) is 0.125. The van der Waals surface area contributed by atoms with Crippen molar-refractivity contribution in [3.8, 4) is 22.5 Å². The first-order valence-corrected chi connectivity index (χ1v) is 6.38. The zero-order valence-electron chi connectivity index (χ0n) is 11.1. The molecule has 0 aliphatic heterocycles. The van der Waals surface area contributed by atoms with Crippen molar-refractivity contribution in [3.05, 3.63) is 60.0 Å². The maximum Gasteiger partial charge on any atom is 0.252 e. The highest BCUT2D eigenvalue weighted by atomic mass is 16.5. The molecule has 0 amide bonds. The molecule has 20 heavy (non-hydrogen) atoms. The van der Waals surface area contributed by atoms with Gasteiger partial charge in [0, 0.05) is 5.56 Å². The van der Waals surface area contributed by atoms with E-state index in [-0.39, 0.29) is 12.5 Å². The van der Waals surface area contributed by atoms with E-state index in [1.54, 1.807) is 0 Å². The van der Waals surface area contributed by atoms with Crippen LogP contribution in [0.5, 0.6) is 0 Å². The second kappa shape index (κ2) is 5.27. The van der Waals surface area contributed by atoms with Crippen LogP contribution in [0.3, 0.4) is 0 Å². The number of nitrogens with zero attached hydrogens (tertiary/aromatic N) is 2. The first kappa shape index (κ1) is 12.6. The van der Waals surface area contributed by atoms with Crippen molar-refractivity contribution in [2.45, 2.75) is 13.5 Å². The molecule has 0 radical (unpaired) electrons. The molecule has 0 aliphatic carbocycles. The normalized spacial score (nSPS) is 10.7. The smallest absolute Gasteiger partial charge is 0.252 e. The third kappa shape index (κ3) is 2.33. The van der Waals surface area contributed by atoms with Crippen LogP contribution < -0.4 is 0 Å². The average Bonchev–Trinajstić information content (AvgIpc) is 2.97. The summed E-state index contributed by atoms with van der Waals surface area (Å²) in [5.74, 6) is 0.712. The lowest BCUT2D eigenvalue weighted by atomic mass is 9.98. The van der Waals surface area contributed by atoms with Gasteiger partial charge in [0.05, 0.1) is 0 Å². The minimum Gasteiger partial charge on any atom is -0.387 e. The SMILES string of the molecule is Cc1ccc(-c2ccccc2-c2noc(CO)n2)cc1. The molecule has 2 aromatic carbocycles. The Balaban J connectivity index is 2.10. The first-order valence-electron chi connectivity index (χ1n) is 6.38. The molecule has 0 bridgehead atoms. The summed E-state index contributed by atoms with van der Waals surface area (Å²) in [5.41, 5.74) is 4.24. The summed E-state index contributed by atoms with van der Waals surface area (Å²) in [4.78, 5) is 4.17. The Kier molecular flexibility index (Phi) is 3.31. The van der Waals surface area contributed by atoms with E-state index in [2.05, 4.69) is 41.3 Å². The second-order valence-electron chi connectivity index (χ2n) is 4.58. The van der Waals surface area contributed by atoms with Gasteiger partial charge in [-0.3, -0.25) is 0 Å². The molecule has 4 nitrogen and oxygen atoms in total. The molecule has 1 N–H and O–H groups in total. The summed E-state index contributed by atoms with van der Waals surface area (Å²) >= 11 is 0. The molecule has 4 heteroatoms. The number of aromatic nitrogens is 2. The molecule has 1 aromatic heterocycles. The molecule has 1 heterocycles. The first-order chi connectivity index (χ1) is 9.78. The zero-order chi connectivity index (χ0) is 13.9. The Morgan fingerprint density at radius 3 is 2.35 bits per heavy atom. The largest absolute Gasteiger partial charge is 0.387 e. The van der Waals surface area contributed by atoms with Crippen LogP contribution >= 0.6 is 0 Å². The van der Waals surface area contributed by atoms with Crippen molar-refractivity contribution in [2.75, 3.05) is 0 Å². The van der Waals surface area contributed by atoms with E-state index in [0.29, 0.717) is 5.82 Å². The Bertz CT molecular complexity index is 717. The van der Waals surface area contributed by atoms with Crippen LogP contribution in [-0.4, -0.2) is 15.2 Å². The van der Waals surface area contributed by atoms with Crippen molar-refractivity contribution in [1.29, 1.82) is 0 Å². The summed E-state index contributed by atoms with van der Waals surface area (Å²) in [7, 11) is 0. The lowest BCUT2D eigenvalue weighted by molar-refractivity contribution is 0.222. The van der Waals surface area contributed by atoms with Gasteiger partial charge in [-0.25, -0.2) is 0 Å². The highest BCUT2D eigenvalue weighted by Crippen LogP contribution is 2.30. The van der Waals surface area contributed by atoms with Gasteiger partial charge in [-0.1, -0.05) is 59.3 Å². The third-order valence-electron chi connectivity index (χ3n) is 3.13. The number of hydrogen-bond donors (Lipinski definition) is 1. The van der Waals surface area contributed by atoms with E-state index in [9.17, 15) is 0 Å². The monoisotopic (exact) mass is 266 g/mol. The van der Waals surface area contributed by atoms with Crippen molar-refractivity contribution < 1.29 is 9.63 Å². The van der Waals surface area contributed by atoms with E-state index in [0.717, 1.165) is 16.7 Å². The van der Waals surface area contributed by atoms with Gasteiger partial charge in [-0.15, -0.1) is 0 Å². The van der Waals surface area contributed by atoms with E-state index < -0.39 is 0 Å². The summed E-state index contributed by atoms with van der Waals surface area (Å²) < 4.78 is 4.97. The molecule has 3 aromatic rings. The summed E-state index contributed by atoms with van der Waals surface area (Å²) in [6.45, 7) is 1.81. The molecule has 3 rings (SSSR count). The van der Waals surface area contributed by atoms with Crippen LogP contribution in [0.15, 0.2) is 53.1 Å². The number of aliphatic hydroxyl groups is 1. The van der Waals surface area contributed by atoms with Crippen molar-refractivity contribution >= 4 is 0 Å². The molecule has 0 atom stereocenters. The topological polar surface area (TPSA) is 59.2 Å².